The smallest absolute Gasteiger partial charge is 0.224 e. The van der Waals surface area contributed by atoms with Crippen molar-refractivity contribution in [2.75, 3.05) is 43.8 Å². The molecule has 2 heterocycles. The van der Waals surface area contributed by atoms with Gasteiger partial charge in [-0.05, 0) is 70.5 Å². The van der Waals surface area contributed by atoms with Crippen molar-refractivity contribution in [1.82, 2.24) is 15.1 Å². The molecule has 10 nitrogen and oxygen atoms in total. The number of nitrogen functional groups attached to an aromatic ring is 1. The molecule has 308 valence electrons. The van der Waals surface area contributed by atoms with Crippen LogP contribution in [0.1, 0.15) is 78.7 Å². The highest BCUT2D eigenvalue weighted by Gasteiger charge is 2.34. The molecule has 2 amide bonds. The van der Waals surface area contributed by atoms with Crippen molar-refractivity contribution in [3.05, 3.63) is 155 Å². The van der Waals surface area contributed by atoms with Crippen LogP contribution in [0, 0.1) is 0 Å². The number of nitrogens with one attached hydrogen (secondary N) is 2. The van der Waals surface area contributed by atoms with E-state index in [0.29, 0.717) is 43.6 Å². The van der Waals surface area contributed by atoms with Gasteiger partial charge < -0.3 is 30.9 Å². The van der Waals surface area contributed by atoms with Crippen molar-refractivity contribution >= 4 is 23.2 Å². The minimum absolute atomic E-state index is 0.00493. The average Bonchev–Trinajstić information content (AvgIpc) is 3.27. The van der Waals surface area contributed by atoms with Crippen LogP contribution in [0.25, 0.3) is 11.1 Å². The number of ether oxygens (including phenoxy) is 2. The summed E-state index contributed by atoms with van der Waals surface area (Å²) in [6, 6.07) is 42.5. The number of benzene rings is 5. The molecule has 59 heavy (non-hydrogen) atoms. The van der Waals surface area contributed by atoms with Crippen LogP contribution in [-0.4, -0.2) is 65.5 Å². The third kappa shape index (κ3) is 12.3. The number of aliphatic hydroxyl groups excluding tert-OH is 1. The molecule has 5 aromatic carbocycles. The number of hydrogen-bond acceptors (Lipinski definition) is 8. The van der Waals surface area contributed by atoms with Crippen LogP contribution in [0.15, 0.2) is 127 Å². The highest BCUT2D eigenvalue weighted by molar-refractivity contribution is 5.93. The lowest BCUT2D eigenvalue weighted by molar-refractivity contribution is -0.253. The highest BCUT2D eigenvalue weighted by Crippen LogP contribution is 2.39. The third-order valence-corrected chi connectivity index (χ3v) is 11.2. The maximum absolute atomic E-state index is 12.7. The first kappa shape index (κ1) is 41.8. The van der Waals surface area contributed by atoms with Gasteiger partial charge in [-0.3, -0.25) is 19.4 Å². The number of anilines is 2. The number of rotatable bonds is 17. The van der Waals surface area contributed by atoms with Gasteiger partial charge >= 0.3 is 0 Å². The summed E-state index contributed by atoms with van der Waals surface area (Å²) in [6.07, 6.45) is 3.03. The molecule has 0 aliphatic carbocycles. The lowest BCUT2D eigenvalue weighted by atomic mass is 9.98. The van der Waals surface area contributed by atoms with E-state index in [1.165, 1.54) is 5.56 Å². The third-order valence-electron chi connectivity index (χ3n) is 11.2. The van der Waals surface area contributed by atoms with E-state index in [2.05, 4.69) is 93.2 Å². The van der Waals surface area contributed by atoms with Crippen molar-refractivity contribution in [2.24, 2.45) is 0 Å². The molecule has 5 aromatic rings. The van der Waals surface area contributed by atoms with E-state index in [0.717, 1.165) is 85.5 Å². The molecule has 0 aromatic heterocycles. The predicted molar refractivity (Wildman–Crippen MR) is 233 cm³/mol. The Hall–Kier alpha value is -5.36. The quantitative estimate of drug-likeness (QED) is 0.0551. The Balaban J connectivity index is 0.926. The standard InChI is InChI=1S/C49H57N5O5/c50-44-17-7-8-18-45(44)52-48(57)20-6-2-5-19-47(56)51-32-38-13-9-14-40(29-38)41-15-10-16-42(30-41)49-58-43(31-46(59-49)39-23-21-37(35-55)22-24-39)34-54-27-25-53(26-28-54)33-36-11-3-1-4-12-36/h1,3-4,7-18,21-24,29-30,43,46,49,55H,2,5-6,19-20,25-28,31-35,50H2,(H,51,56)(H,52,57)/t43-,46+,49+/m0/s1. The average molecular weight is 796 g/mol. The topological polar surface area (TPSA) is 129 Å². The van der Waals surface area contributed by atoms with E-state index >= 15 is 0 Å². The Morgan fingerprint density at radius 1 is 0.661 bits per heavy atom. The van der Waals surface area contributed by atoms with Gasteiger partial charge in [-0.2, -0.15) is 0 Å². The van der Waals surface area contributed by atoms with E-state index in [4.69, 9.17) is 15.2 Å². The van der Waals surface area contributed by atoms with E-state index in [9.17, 15) is 14.7 Å². The van der Waals surface area contributed by atoms with Crippen LogP contribution in [0.4, 0.5) is 11.4 Å². The van der Waals surface area contributed by atoms with E-state index in [1.807, 2.05) is 42.5 Å². The minimum atomic E-state index is -0.546. The van der Waals surface area contributed by atoms with Crippen LogP contribution < -0.4 is 16.4 Å². The fourth-order valence-corrected chi connectivity index (χ4v) is 7.88. The first-order chi connectivity index (χ1) is 28.9. The summed E-state index contributed by atoms with van der Waals surface area (Å²) in [7, 11) is 0. The summed E-state index contributed by atoms with van der Waals surface area (Å²) in [6.45, 7) is 6.27. The number of aliphatic hydroxyl groups is 1. The number of carbonyl (C=O) groups excluding carboxylic acids is 2. The van der Waals surface area contributed by atoms with Crippen molar-refractivity contribution in [3.63, 3.8) is 0 Å². The second kappa shape index (κ2) is 21.1. The number of unbranched alkanes of at least 4 members (excludes halogenated alkanes) is 2. The molecule has 7 rings (SSSR count). The van der Waals surface area contributed by atoms with Crippen LogP contribution in [-0.2, 0) is 38.8 Å². The van der Waals surface area contributed by atoms with Crippen LogP contribution >= 0.6 is 0 Å². The molecule has 2 aliphatic heterocycles. The first-order valence-electron chi connectivity index (χ1n) is 21.0. The molecule has 0 bridgehead atoms. The molecule has 5 N–H and O–H groups in total. The molecule has 2 aliphatic rings. The number of nitrogens with zero attached hydrogens (tertiary/aromatic N) is 2. The van der Waals surface area contributed by atoms with E-state index in [1.54, 1.807) is 12.1 Å². The van der Waals surface area contributed by atoms with Crippen molar-refractivity contribution < 1.29 is 24.2 Å². The lowest BCUT2D eigenvalue weighted by Crippen LogP contribution is -2.49. The molecule has 2 saturated heterocycles. The van der Waals surface area contributed by atoms with Crippen LogP contribution in [0.2, 0.25) is 0 Å². The zero-order chi connectivity index (χ0) is 40.8. The first-order valence-corrected chi connectivity index (χ1v) is 21.0. The molecule has 10 heteroatoms. The Morgan fingerprint density at radius 2 is 1.34 bits per heavy atom. The molecule has 2 fully saturated rings. The Bertz CT molecular complexity index is 2100. The zero-order valence-corrected chi connectivity index (χ0v) is 33.8. The summed E-state index contributed by atoms with van der Waals surface area (Å²) >= 11 is 0. The Kier molecular flexibility index (Phi) is 14.9. The largest absolute Gasteiger partial charge is 0.397 e. The van der Waals surface area contributed by atoms with E-state index < -0.39 is 6.29 Å². The molecular weight excluding hydrogens is 739 g/mol. The number of carbonyl (C=O) groups is 2. The molecule has 0 spiro atoms. The molecular formula is C49H57N5O5. The SMILES string of the molecule is Nc1ccccc1NC(=O)CCCCCC(=O)NCc1cccc(-c2cccc([C@@H]3O[C@H](CN4CCN(Cc5ccccc5)CC4)C[C@H](c4ccc(CO)cc4)O3)c2)c1. The predicted octanol–water partition coefficient (Wildman–Crippen LogP) is 8.00. The Labute approximate surface area is 348 Å². The van der Waals surface area contributed by atoms with Gasteiger partial charge in [0.25, 0.3) is 0 Å². The minimum Gasteiger partial charge on any atom is -0.397 e. The molecule has 3 atom stereocenters. The second-order valence-corrected chi connectivity index (χ2v) is 15.7. The summed E-state index contributed by atoms with van der Waals surface area (Å²) in [5.74, 6) is -0.0792. The van der Waals surface area contributed by atoms with Gasteiger partial charge in [-0.25, -0.2) is 0 Å². The lowest BCUT2D eigenvalue weighted by Gasteiger charge is -2.41. The van der Waals surface area contributed by atoms with Gasteiger partial charge in [-0.15, -0.1) is 0 Å². The maximum atomic E-state index is 12.7. The zero-order valence-electron chi connectivity index (χ0n) is 33.8. The summed E-state index contributed by atoms with van der Waals surface area (Å²) < 4.78 is 13.5. The summed E-state index contributed by atoms with van der Waals surface area (Å²) in [5, 5.41) is 15.6. The number of hydrogen-bond donors (Lipinski definition) is 4. The van der Waals surface area contributed by atoms with Crippen molar-refractivity contribution in [2.45, 2.75) is 76.7 Å². The van der Waals surface area contributed by atoms with E-state index in [-0.39, 0.29) is 30.6 Å². The van der Waals surface area contributed by atoms with Crippen molar-refractivity contribution in [1.29, 1.82) is 0 Å². The summed E-state index contributed by atoms with van der Waals surface area (Å²) in [5.41, 5.74) is 14.5. The van der Waals surface area contributed by atoms with Crippen LogP contribution in [0.5, 0.6) is 0 Å². The maximum Gasteiger partial charge on any atom is 0.224 e. The van der Waals surface area contributed by atoms with Crippen LogP contribution in [0.3, 0.4) is 0 Å². The molecule has 0 unspecified atom stereocenters. The highest BCUT2D eigenvalue weighted by atomic mass is 16.7. The van der Waals surface area contributed by atoms with Gasteiger partial charge in [0.15, 0.2) is 6.29 Å². The monoisotopic (exact) mass is 795 g/mol. The van der Waals surface area contributed by atoms with Gasteiger partial charge in [0, 0.05) is 70.6 Å². The normalized spacial score (nSPS) is 18.6. The molecule has 0 saturated carbocycles. The van der Waals surface area contributed by atoms with Gasteiger partial charge in [0.05, 0.1) is 30.2 Å². The van der Waals surface area contributed by atoms with Gasteiger partial charge in [-0.1, -0.05) is 110 Å². The van der Waals surface area contributed by atoms with Crippen molar-refractivity contribution in [3.8, 4) is 11.1 Å². The van der Waals surface area contributed by atoms with Gasteiger partial charge in [0.1, 0.15) is 0 Å². The number of amides is 2. The number of para-hydroxylation sites is 2. The summed E-state index contributed by atoms with van der Waals surface area (Å²) in [4.78, 5) is 30.1. The second-order valence-electron chi connectivity index (χ2n) is 15.7. The fourth-order valence-electron chi connectivity index (χ4n) is 7.88. The fraction of sp³-hybridized carbons (Fsp3) is 0.347. The Morgan fingerprint density at radius 3 is 2.10 bits per heavy atom. The molecule has 0 radical (unpaired) electrons. The van der Waals surface area contributed by atoms with Gasteiger partial charge in [0.2, 0.25) is 11.8 Å². The number of piperazine rings is 1. The number of nitrogens with two attached hydrogens (primary N) is 1.